The molecule has 1 atom stereocenters. The zero-order valence-electron chi connectivity index (χ0n) is 16.1. The van der Waals surface area contributed by atoms with Gasteiger partial charge in [-0.1, -0.05) is 47.5 Å². The van der Waals surface area contributed by atoms with E-state index in [4.69, 9.17) is 23.2 Å². The van der Waals surface area contributed by atoms with Gasteiger partial charge in [-0.15, -0.1) is 0 Å². The fraction of sp³-hybridized carbons (Fsp3) is 0.190. The van der Waals surface area contributed by atoms with Gasteiger partial charge in [0.25, 0.3) is 0 Å². The van der Waals surface area contributed by atoms with Crippen molar-refractivity contribution >= 4 is 44.7 Å². The molecule has 2 aliphatic heterocycles. The Hall–Kier alpha value is -2.48. The molecular formula is C21H18Cl2N2O4S. The molecule has 0 radical (unpaired) electrons. The Morgan fingerprint density at radius 3 is 2.57 bits per heavy atom. The van der Waals surface area contributed by atoms with Gasteiger partial charge in [0, 0.05) is 12.7 Å². The molecule has 0 saturated heterocycles. The highest BCUT2D eigenvalue weighted by Gasteiger charge is 2.44. The highest BCUT2D eigenvalue weighted by atomic mass is 35.5. The van der Waals surface area contributed by atoms with Crippen molar-refractivity contribution in [2.75, 3.05) is 18.5 Å². The lowest BCUT2D eigenvalue weighted by molar-refractivity contribution is -0.133. The molecule has 30 heavy (non-hydrogen) atoms. The van der Waals surface area contributed by atoms with Crippen molar-refractivity contribution in [1.29, 1.82) is 0 Å². The maximum absolute atomic E-state index is 13.8. The van der Waals surface area contributed by atoms with Crippen LogP contribution in [0.5, 0.6) is 0 Å². The van der Waals surface area contributed by atoms with Crippen LogP contribution in [-0.4, -0.2) is 33.1 Å². The lowest BCUT2D eigenvalue weighted by Crippen LogP contribution is -2.34. The lowest BCUT2D eigenvalue weighted by atomic mass is 9.86. The number of nitrogens with zero attached hydrogens (tertiary/aromatic N) is 1. The SMILES string of the molecule is CC1=C(C(=O)O)C(c2cccc(Cl)c2Cl)C2=C(CN(C)c3ccccc3S2(=O)=O)N1. The molecule has 0 amide bonds. The van der Waals surface area contributed by atoms with Crippen molar-refractivity contribution in [3.63, 3.8) is 0 Å². The van der Waals surface area contributed by atoms with Gasteiger partial charge in [-0.2, -0.15) is 0 Å². The summed E-state index contributed by atoms with van der Waals surface area (Å²) in [6.07, 6.45) is 0. The Kier molecular flexibility index (Phi) is 5.08. The summed E-state index contributed by atoms with van der Waals surface area (Å²) < 4.78 is 27.7. The number of nitrogens with one attached hydrogen (secondary N) is 1. The predicted molar refractivity (Wildman–Crippen MR) is 117 cm³/mol. The average molecular weight is 465 g/mol. The molecule has 2 N–H and O–H groups in total. The number of dihydropyridines is 1. The number of fused-ring (bicyclic) bond motifs is 1. The Balaban J connectivity index is 2.08. The van der Waals surface area contributed by atoms with Crippen molar-refractivity contribution in [2.45, 2.75) is 17.7 Å². The summed E-state index contributed by atoms with van der Waals surface area (Å²) in [6.45, 7) is 1.87. The quantitative estimate of drug-likeness (QED) is 0.693. The monoisotopic (exact) mass is 464 g/mol. The van der Waals surface area contributed by atoms with Crippen LogP contribution in [0, 0.1) is 0 Å². The average Bonchev–Trinajstić information content (AvgIpc) is 2.76. The number of anilines is 1. The summed E-state index contributed by atoms with van der Waals surface area (Å²) in [5.74, 6) is -2.33. The Labute approximate surface area is 184 Å². The highest BCUT2D eigenvalue weighted by molar-refractivity contribution is 7.95. The predicted octanol–water partition coefficient (Wildman–Crippen LogP) is 4.17. The summed E-state index contributed by atoms with van der Waals surface area (Å²) in [6, 6.07) is 11.5. The Morgan fingerprint density at radius 2 is 1.87 bits per heavy atom. The molecule has 2 aromatic rings. The van der Waals surface area contributed by atoms with E-state index >= 15 is 0 Å². The van der Waals surface area contributed by atoms with Crippen molar-refractivity contribution < 1.29 is 18.3 Å². The number of carboxylic acids is 1. The first-order chi connectivity index (χ1) is 14.1. The van der Waals surface area contributed by atoms with Crippen LogP contribution in [0.3, 0.4) is 0 Å². The molecule has 2 aliphatic rings. The minimum Gasteiger partial charge on any atom is -0.478 e. The van der Waals surface area contributed by atoms with Gasteiger partial charge in [0.05, 0.1) is 49.3 Å². The van der Waals surface area contributed by atoms with E-state index in [2.05, 4.69) is 5.32 Å². The third-order valence-corrected chi connectivity index (χ3v) is 8.18. The van der Waals surface area contributed by atoms with E-state index in [1.807, 2.05) is 4.90 Å². The lowest BCUT2D eigenvalue weighted by Gasteiger charge is -2.31. The Bertz CT molecular complexity index is 1250. The number of hydrogen-bond donors (Lipinski definition) is 2. The zero-order valence-corrected chi connectivity index (χ0v) is 18.4. The second-order valence-corrected chi connectivity index (χ2v) is 9.89. The molecule has 0 aromatic heterocycles. The minimum atomic E-state index is -4.05. The first-order valence-electron chi connectivity index (χ1n) is 9.08. The maximum Gasteiger partial charge on any atom is 0.334 e. The fourth-order valence-electron chi connectivity index (χ4n) is 4.08. The number of allylic oxidation sites excluding steroid dienone is 2. The standard InChI is InChI=1S/C21H18Cl2N2O4S/c1-11-17(21(26)27)18(12-6-5-7-13(22)19(12)23)20-14(24-11)10-25(2)15-8-3-4-9-16(15)30(20,28)29/h3-9,18,24H,10H2,1-2H3,(H,26,27). The second kappa shape index (κ2) is 7.34. The van der Waals surface area contributed by atoms with Crippen molar-refractivity contribution in [3.05, 3.63) is 79.9 Å². The molecule has 0 aliphatic carbocycles. The number of sulfone groups is 1. The van der Waals surface area contributed by atoms with Gasteiger partial charge >= 0.3 is 5.97 Å². The number of halogens is 2. The van der Waals surface area contributed by atoms with Crippen molar-refractivity contribution in [2.24, 2.45) is 0 Å². The molecule has 4 rings (SSSR count). The molecule has 2 heterocycles. The minimum absolute atomic E-state index is 0.0218. The summed E-state index contributed by atoms with van der Waals surface area (Å²) in [5, 5.41) is 13.4. The topological polar surface area (TPSA) is 86.7 Å². The fourth-order valence-corrected chi connectivity index (χ4v) is 6.48. The van der Waals surface area contributed by atoms with E-state index in [9.17, 15) is 18.3 Å². The largest absolute Gasteiger partial charge is 0.478 e. The molecule has 0 bridgehead atoms. The van der Waals surface area contributed by atoms with E-state index in [1.54, 1.807) is 50.4 Å². The second-order valence-electron chi connectivity index (χ2n) is 7.21. The molecule has 9 heteroatoms. The van der Waals surface area contributed by atoms with Crippen molar-refractivity contribution in [3.8, 4) is 0 Å². The molecule has 0 spiro atoms. The van der Waals surface area contributed by atoms with Crippen LogP contribution in [-0.2, 0) is 14.6 Å². The summed E-state index contributed by atoms with van der Waals surface area (Å²) in [4.78, 5) is 14.1. The zero-order chi connectivity index (χ0) is 21.8. The van der Waals surface area contributed by atoms with E-state index < -0.39 is 21.7 Å². The Morgan fingerprint density at radius 1 is 1.17 bits per heavy atom. The van der Waals surface area contributed by atoms with Gasteiger partial charge in [-0.3, -0.25) is 0 Å². The molecule has 0 fully saturated rings. The van der Waals surface area contributed by atoms with Gasteiger partial charge < -0.3 is 15.3 Å². The molecular weight excluding hydrogens is 447 g/mol. The van der Waals surface area contributed by atoms with Gasteiger partial charge in [0.15, 0.2) is 0 Å². The van der Waals surface area contributed by atoms with E-state index in [0.717, 1.165) is 0 Å². The normalized spacial score (nSPS) is 20.3. The third-order valence-electron chi connectivity index (χ3n) is 5.36. The van der Waals surface area contributed by atoms with Crippen LogP contribution in [0.25, 0.3) is 0 Å². The summed E-state index contributed by atoms with van der Waals surface area (Å²) >= 11 is 12.6. The summed E-state index contributed by atoms with van der Waals surface area (Å²) in [7, 11) is -2.26. The number of carboxylic acid groups (broad SMARTS) is 1. The van der Waals surface area contributed by atoms with Crippen LogP contribution in [0.1, 0.15) is 18.4 Å². The number of carbonyl (C=O) groups is 1. The summed E-state index contributed by atoms with van der Waals surface area (Å²) in [5.41, 5.74) is 1.57. The number of aliphatic carboxylic acids is 1. The van der Waals surface area contributed by atoms with Crippen LogP contribution in [0.15, 0.2) is 69.2 Å². The van der Waals surface area contributed by atoms with E-state index in [1.165, 1.54) is 6.07 Å². The van der Waals surface area contributed by atoms with Gasteiger partial charge in [0.2, 0.25) is 9.84 Å². The molecule has 2 aromatic carbocycles. The first-order valence-corrected chi connectivity index (χ1v) is 11.3. The van der Waals surface area contributed by atoms with Gasteiger partial charge in [-0.25, -0.2) is 13.2 Å². The van der Waals surface area contributed by atoms with Gasteiger partial charge in [0.1, 0.15) is 0 Å². The molecule has 6 nitrogen and oxygen atoms in total. The van der Waals surface area contributed by atoms with Crippen LogP contribution >= 0.6 is 23.2 Å². The smallest absolute Gasteiger partial charge is 0.334 e. The van der Waals surface area contributed by atoms with Crippen LogP contribution in [0.4, 0.5) is 5.69 Å². The van der Waals surface area contributed by atoms with Gasteiger partial charge in [-0.05, 0) is 30.7 Å². The molecule has 1 unspecified atom stereocenters. The number of para-hydroxylation sites is 1. The number of rotatable bonds is 2. The van der Waals surface area contributed by atoms with Crippen molar-refractivity contribution in [1.82, 2.24) is 5.32 Å². The van der Waals surface area contributed by atoms with Crippen LogP contribution < -0.4 is 10.2 Å². The van der Waals surface area contributed by atoms with E-state index in [0.29, 0.717) is 22.6 Å². The third kappa shape index (κ3) is 3.09. The van der Waals surface area contributed by atoms with E-state index in [-0.39, 0.29) is 32.0 Å². The van der Waals surface area contributed by atoms with Crippen LogP contribution in [0.2, 0.25) is 10.0 Å². The number of hydrogen-bond acceptors (Lipinski definition) is 5. The molecule has 156 valence electrons. The maximum atomic E-state index is 13.8. The number of likely N-dealkylation sites (N-methyl/N-ethyl adjacent to an activating group) is 1. The molecule has 0 saturated carbocycles. The highest BCUT2D eigenvalue weighted by Crippen LogP contribution is 2.48. The number of benzene rings is 2. The first kappa shape index (κ1) is 20.8.